The Morgan fingerprint density at radius 3 is 2.40 bits per heavy atom. The minimum atomic E-state index is -0.305. The number of nitrogens with one attached hydrogen (secondary N) is 1. The van der Waals surface area contributed by atoms with Crippen molar-refractivity contribution in [1.82, 2.24) is 5.32 Å². The highest BCUT2D eigenvalue weighted by Gasteiger charge is 2.25. The molecule has 1 amide bonds. The van der Waals surface area contributed by atoms with E-state index in [1.807, 2.05) is 12.1 Å². The monoisotopic (exact) mass is 345 g/mol. The Bertz CT molecular complexity index is 539. The largest absolute Gasteiger partial charge is 0.494 e. The first-order valence-corrected chi connectivity index (χ1v) is 9.77. The summed E-state index contributed by atoms with van der Waals surface area (Å²) < 4.78 is 5.73. The average Bonchev–Trinajstić information content (AvgIpc) is 3.02. The number of Topliss-reactive ketones (excluding diaryl/α,β-unsaturated/α-hetero) is 1. The first-order valence-electron chi connectivity index (χ1n) is 9.77. The Labute approximate surface area is 151 Å². The van der Waals surface area contributed by atoms with E-state index in [1.54, 1.807) is 12.1 Å². The van der Waals surface area contributed by atoms with Crippen LogP contribution in [0.15, 0.2) is 24.3 Å². The zero-order valence-corrected chi connectivity index (χ0v) is 15.4. The predicted molar refractivity (Wildman–Crippen MR) is 100 cm³/mol. The molecule has 0 bridgehead atoms. The average molecular weight is 345 g/mol. The Kier molecular flexibility index (Phi) is 8.50. The lowest BCUT2D eigenvalue weighted by Gasteiger charge is -2.11. The minimum Gasteiger partial charge on any atom is -0.494 e. The van der Waals surface area contributed by atoms with Crippen molar-refractivity contribution in [1.29, 1.82) is 0 Å². The van der Waals surface area contributed by atoms with Crippen molar-refractivity contribution in [3.8, 4) is 5.75 Å². The molecule has 0 aliphatic heterocycles. The molecule has 1 aromatic carbocycles. The van der Waals surface area contributed by atoms with Gasteiger partial charge in [-0.3, -0.25) is 9.59 Å². The van der Waals surface area contributed by atoms with Gasteiger partial charge in [0.25, 0.3) is 5.91 Å². The quantitative estimate of drug-likeness (QED) is 0.593. The van der Waals surface area contributed by atoms with Gasteiger partial charge in [-0.15, -0.1) is 0 Å². The van der Waals surface area contributed by atoms with Crippen molar-refractivity contribution in [3.63, 3.8) is 0 Å². The van der Waals surface area contributed by atoms with Crippen molar-refractivity contribution in [2.45, 2.75) is 77.2 Å². The van der Waals surface area contributed by atoms with Crippen LogP contribution in [0.4, 0.5) is 0 Å². The molecule has 2 rings (SSSR count). The second-order valence-electron chi connectivity index (χ2n) is 6.88. The molecule has 4 nitrogen and oxygen atoms in total. The number of carbonyl (C=O) groups is 2. The second-order valence-corrected chi connectivity index (χ2v) is 6.88. The molecule has 1 saturated carbocycles. The van der Waals surface area contributed by atoms with E-state index in [4.69, 9.17) is 4.74 Å². The third kappa shape index (κ3) is 6.89. The van der Waals surface area contributed by atoms with Crippen molar-refractivity contribution in [2.75, 3.05) is 6.61 Å². The highest BCUT2D eigenvalue weighted by Crippen LogP contribution is 2.17. The van der Waals surface area contributed by atoms with E-state index in [0.29, 0.717) is 12.0 Å². The number of hydrogen-bond donors (Lipinski definition) is 1. The first kappa shape index (κ1) is 19.5. The molecular weight excluding hydrogens is 314 g/mol. The highest BCUT2D eigenvalue weighted by atomic mass is 16.5. The van der Waals surface area contributed by atoms with E-state index in [2.05, 4.69) is 12.2 Å². The van der Waals surface area contributed by atoms with Crippen LogP contribution < -0.4 is 10.1 Å². The number of amides is 1. The van der Waals surface area contributed by atoms with Gasteiger partial charge in [-0.1, -0.05) is 45.4 Å². The number of benzene rings is 1. The topological polar surface area (TPSA) is 55.4 Å². The lowest BCUT2D eigenvalue weighted by Crippen LogP contribution is -2.37. The number of rotatable bonds is 11. The van der Waals surface area contributed by atoms with Crippen molar-refractivity contribution >= 4 is 11.7 Å². The zero-order valence-electron chi connectivity index (χ0n) is 15.4. The van der Waals surface area contributed by atoms with E-state index >= 15 is 0 Å². The normalized spacial score (nSPS) is 16.8. The van der Waals surface area contributed by atoms with Gasteiger partial charge in [-0.2, -0.15) is 0 Å². The smallest absolute Gasteiger partial charge is 0.251 e. The fourth-order valence-corrected chi connectivity index (χ4v) is 3.16. The molecule has 1 atom stereocenters. The lowest BCUT2D eigenvalue weighted by atomic mass is 10.1. The van der Waals surface area contributed by atoms with Gasteiger partial charge in [-0.05, 0) is 43.5 Å². The summed E-state index contributed by atoms with van der Waals surface area (Å²) in [6.45, 7) is 2.95. The summed E-state index contributed by atoms with van der Waals surface area (Å²) in [7, 11) is 0. The molecule has 138 valence electrons. The number of unbranched alkanes of at least 4 members (excludes halogenated alkanes) is 6. The third-order valence-electron chi connectivity index (χ3n) is 4.74. The van der Waals surface area contributed by atoms with Crippen molar-refractivity contribution in [2.24, 2.45) is 0 Å². The Hall–Kier alpha value is -1.84. The lowest BCUT2D eigenvalue weighted by molar-refractivity contribution is -0.118. The van der Waals surface area contributed by atoms with Gasteiger partial charge in [0.2, 0.25) is 0 Å². The molecule has 1 aliphatic rings. The summed E-state index contributed by atoms with van der Waals surface area (Å²) in [6, 6.07) is 6.86. The van der Waals surface area contributed by atoms with Crippen LogP contribution in [-0.4, -0.2) is 24.3 Å². The molecular formula is C21H31NO3. The van der Waals surface area contributed by atoms with E-state index in [-0.39, 0.29) is 17.7 Å². The summed E-state index contributed by atoms with van der Waals surface area (Å²) in [6.07, 6.45) is 11.0. The van der Waals surface area contributed by atoms with Gasteiger partial charge in [0.15, 0.2) is 5.78 Å². The second kappa shape index (κ2) is 10.9. The zero-order chi connectivity index (χ0) is 17.9. The maximum absolute atomic E-state index is 12.2. The molecule has 1 N–H and O–H groups in total. The van der Waals surface area contributed by atoms with E-state index in [9.17, 15) is 9.59 Å². The number of carbonyl (C=O) groups excluding carboxylic acids is 2. The minimum absolute atomic E-state index is 0.142. The SMILES string of the molecule is CCCCCCCCCOc1ccc(C(=O)NC2CCCC2=O)cc1. The Balaban J connectivity index is 1.64. The molecule has 0 spiro atoms. The van der Waals surface area contributed by atoms with Crippen LogP contribution in [0.1, 0.15) is 81.5 Å². The number of ketones is 1. The van der Waals surface area contributed by atoms with E-state index in [0.717, 1.165) is 31.6 Å². The molecule has 25 heavy (non-hydrogen) atoms. The summed E-state index contributed by atoms with van der Waals surface area (Å²) in [5, 5.41) is 2.82. The molecule has 0 saturated heterocycles. The van der Waals surface area contributed by atoms with Gasteiger partial charge >= 0.3 is 0 Å². The van der Waals surface area contributed by atoms with Gasteiger partial charge in [0.05, 0.1) is 12.6 Å². The first-order chi connectivity index (χ1) is 12.2. The van der Waals surface area contributed by atoms with Gasteiger partial charge in [0, 0.05) is 12.0 Å². The molecule has 0 radical (unpaired) electrons. The van der Waals surface area contributed by atoms with Crippen molar-refractivity contribution in [3.05, 3.63) is 29.8 Å². The molecule has 1 aliphatic carbocycles. The van der Waals surface area contributed by atoms with Gasteiger partial charge in [0.1, 0.15) is 5.75 Å². The standard InChI is InChI=1S/C21H31NO3/c1-2-3-4-5-6-7-8-16-25-18-14-12-17(13-15-18)21(24)22-19-10-9-11-20(19)23/h12-15,19H,2-11,16H2,1H3,(H,22,24). The van der Waals surface area contributed by atoms with Gasteiger partial charge < -0.3 is 10.1 Å². The van der Waals surface area contributed by atoms with Crippen molar-refractivity contribution < 1.29 is 14.3 Å². The van der Waals surface area contributed by atoms with Crippen LogP contribution in [0.25, 0.3) is 0 Å². The molecule has 1 fully saturated rings. The highest BCUT2D eigenvalue weighted by molar-refractivity contribution is 5.98. The molecule has 1 aromatic rings. The predicted octanol–water partition coefficient (Wildman–Crippen LogP) is 4.67. The molecule has 0 aromatic heterocycles. The van der Waals surface area contributed by atoms with Crippen LogP contribution in [0.3, 0.4) is 0 Å². The molecule has 1 unspecified atom stereocenters. The van der Waals surface area contributed by atoms with E-state index < -0.39 is 0 Å². The van der Waals surface area contributed by atoms with E-state index in [1.165, 1.54) is 38.5 Å². The maximum Gasteiger partial charge on any atom is 0.251 e. The third-order valence-corrected chi connectivity index (χ3v) is 4.74. The summed E-state index contributed by atoms with van der Waals surface area (Å²) in [5.74, 6) is 0.751. The van der Waals surface area contributed by atoms with Crippen LogP contribution in [0, 0.1) is 0 Å². The van der Waals surface area contributed by atoms with Crippen LogP contribution in [0.2, 0.25) is 0 Å². The summed E-state index contributed by atoms with van der Waals surface area (Å²) in [4.78, 5) is 23.8. The number of hydrogen-bond acceptors (Lipinski definition) is 3. The number of ether oxygens (including phenoxy) is 1. The Morgan fingerprint density at radius 2 is 1.76 bits per heavy atom. The maximum atomic E-state index is 12.2. The summed E-state index contributed by atoms with van der Waals surface area (Å²) in [5.41, 5.74) is 0.572. The Morgan fingerprint density at radius 1 is 1.08 bits per heavy atom. The summed E-state index contributed by atoms with van der Waals surface area (Å²) >= 11 is 0. The molecule has 0 heterocycles. The fourth-order valence-electron chi connectivity index (χ4n) is 3.16. The molecule has 4 heteroatoms. The van der Waals surface area contributed by atoms with Gasteiger partial charge in [-0.25, -0.2) is 0 Å². The van der Waals surface area contributed by atoms with Crippen LogP contribution >= 0.6 is 0 Å². The van der Waals surface area contributed by atoms with Crippen LogP contribution in [-0.2, 0) is 4.79 Å². The fraction of sp³-hybridized carbons (Fsp3) is 0.619. The van der Waals surface area contributed by atoms with Crippen LogP contribution in [0.5, 0.6) is 5.75 Å².